The van der Waals surface area contributed by atoms with E-state index in [4.69, 9.17) is 0 Å². The number of aromatic nitrogens is 1. The van der Waals surface area contributed by atoms with Crippen molar-refractivity contribution in [1.82, 2.24) is 9.88 Å². The van der Waals surface area contributed by atoms with Crippen molar-refractivity contribution in [3.05, 3.63) is 36.0 Å². The fourth-order valence-corrected chi connectivity index (χ4v) is 2.56. The van der Waals surface area contributed by atoms with Gasteiger partial charge in [0.1, 0.15) is 0 Å². The number of carbonyl (C=O) groups is 1. The maximum Gasteiger partial charge on any atom is 0.255 e. The molecule has 1 aliphatic carbocycles. The molecule has 1 amide bonds. The summed E-state index contributed by atoms with van der Waals surface area (Å²) in [5.74, 6) is 1.59. The second-order valence-corrected chi connectivity index (χ2v) is 5.41. The summed E-state index contributed by atoms with van der Waals surface area (Å²) in [6, 6.07) is 7.85. The van der Waals surface area contributed by atoms with Gasteiger partial charge < -0.3 is 9.88 Å². The first-order chi connectivity index (χ1) is 8.66. The zero-order chi connectivity index (χ0) is 12.7. The summed E-state index contributed by atoms with van der Waals surface area (Å²) in [7, 11) is 1.90. The van der Waals surface area contributed by atoms with Crippen molar-refractivity contribution in [2.75, 3.05) is 13.6 Å². The van der Waals surface area contributed by atoms with Gasteiger partial charge in [-0.2, -0.15) is 0 Å². The quantitative estimate of drug-likeness (QED) is 0.882. The lowest BCUT2D eigenvalue weighted by molar-refractivity contribution is 0.0789. The molecule has 2 atom stereocenters. The number of nitrogens with one attached hydrogen (secondary N) is 1. The molecule has 2 unspecified atom stereocenters. The first-order valence-electron chi connectivity index (χ1n) is 6.48. The lowest BCUT2D eigenvalue weighted by Gasteiger charge is -2.17. The number of carbonyl (C=O) groups excluding carboxylic acids is 1. The Hall–Kier alpha value is -1.77. The summed E-state index contributed by atoms with van der Waals surface area (Å²) in [5, 5.41) is 1.09. The molecule has 0 spiro atoms. The lowest BCUT2D eigenvalue weighted by Crippen LogP contribution is -2.29. The number of H-pyrrole nitrogens is 1. The number of nitrogens with zero attached hydrogens (tertiary/aromatic N) is 1. The van der Waals surface area contributed by atoms with E-state index in [1.165, 1.54) is 6.42 Å². The molecule has 0 radical (unpaired) electrons. The van der Waals surface area contributed by atoms with Crippen LogP contribution in [-0.2, 0) is 0 Å². The number of hydrogen-bond donors (Lipinski definition) is 1. The van der Waals surface area contributed by atoms with E-state index in [9.17, 15) is 4.79 Å². The molecule has 3 heteroatoms. The van der Waals surface area contributed by atoms with Crippen LogP contribution in [0.2, 0.25) is 0 Å². The molecule has 2 aromatic rings. The molecule has 0 aliphatic heterocycles. The standard InChI is InChI=1S/C15H18N2O/c1-10-8-12(10)9-17(2)15(18)13-5-3-4-11-6-7-16-14(11)13/h3-7,10,12,16H,8-9H2,1-2H3. The van der Waals surface area contributed by atoms with Crippen LogP contribution >= 0.6 is 0 Å². The largest absolute Gasteiger partial charge is 0.361 e. The molecule has 18 heavy (non-hydrogen) atoms. The normalized spacial score (nSPS) is 22.1. The number of fused-ring (bicyclic) bond motifs is 1. The molecular formula is C15H18N2O. The Bertz CT molecular complexity index is 587. The third kappa shape index (κ3) is 1.90. The van der Waals surface area contributed by atoms with E-state index in [0.717, 1.165) is 28.9 Å². The summed E-state index contributed by atoms with van der Waals surface area (Å²) in [6.45, 7) is 3.12. The number of benzene rings is 1. The van der Waals surface area contributed by atoms with Crippen molar-refractivity contribution in [1.29, 1.82) is 0 Å². The van der Waals surface area contributed by atoms with Crippen LogP contribution in [0.4, 0.5) is 0 Å². The first kappa shape index (κ1) is 11.3. The van der Waals surface area contributed by atoms with Crippen molar-refractivity contribution in [2.45, 2.75) is 13.3 Å². The number of aromatic amines is 1. The van der Waals surface area contributed by atoms with Crippen LogP contribution in [0, 0.1) is 11.8 Å². The third-order valence-electron chi connectivity index (χ3n) is 3.95. The van der Waals surface area contributed by atoms with E-state index >= 15 is 0 Å². The fraction of sp³-hybridized carbons (Fsp3) is 0.400. The second kappa shape index (κ2) is 4.16. The van der Waals surface area contributed by atoms with Crippen molar-refractivity contribution in [3.8, 4) is 0 Å². The minimum absolute atomic E-state index is 0.113. The molecule has 1 N–H and O–H groups in total. The second-order valence-electron chi connectivity index (χ2n) is 5.41. The highest BCUT2D eigenvalue weighted by Crippen LogP contribution is 2.38. The van der Waals surface area contributed by atoms with Gasteiger partial charge in [-0.25, -0.2) is 0 Å². The number of rotatable bonds is 3. The topological polar surface area (TPSA) is 36.1 Å². The van der Waals surface area contributed by atoms with E-state index in [2.05, 4.69) is 11.9 Å². The summed E-state index contributed by atoms with van der Waals surface area (Å²) in [4.78, 5) is 17.4. The van der Waals surface area contributed by atoms with E-state index in [-0.39, 0.29) is 5.91 Å². The molecule has 1 saturated carbocycles. The van der Waals surface area contributed by atoms with Crippen LogP contribution in [0.3, 0.4) is 0 Å². The first-order valence-corrected chi connectivity index (χ1v) is 6.48. The predicted octanol–water partition coefficient (Wildman–Crippen LogP) is 2.90. The van der Waals surface area contributed by atoms with Gasteiger partial charge in [0.05, 0.1) is 11.1 Å². The van der Waals surface area contributed by atoms with Crippen LogP contribution in [0.15, 0.2) is 30.5 Å². The van der Waals surface area contributed by atoms with E-state index in [1.54, 1.807) is 0 Å². The Balaban J connectivity index is 1.84. The van der Waals surface area contributed by atoms with Gasteiger partial charge in [-0.15, -0.1) is 0 Å². The Morgan fingerprint density at radius 3 is 2.94 bits per heavy atom. The minimum Gasteiger partial charge on any atom is -0.361 e. The predicted molar refractivity (Wildman–Crippen MR) is 72.5 cm³/mol. The van der Waals surface area contributed by atoms with Crippen molar-refractivity contribution in [3.63, 3.8) is 0 Å². The zero-order valence-corrected chi connectivity index (χ0v) is 10.8. The molecule has 1 aliphatic rings. The fourth-order valence-electron chi connectivity index (χ4n) is 2.56. The average Bonchev–Trinajstić information content (AvgIpc) is 2.88. The van der Waals surface area contributed by atoms with Gasteiger partial charge in [-0.1, -0.05) is 19.1 Å². The van der Waals surface area contributed by atoms with Gasteiger partial charge in [0.2, 0.25) is 0 Å². The van der Waals surface area contributed by atoms with E-state index in [0.29, 0.717) is 5.92 Å². The minimum atomic E-state index is 0.113. The smallest absolute Gasteiger partial charge is 0.255 e. The molecular weight excluding hydrogens is 224 g/mol. The maximum absolute atomic E-state index is 12.4. The number of amides is 1. The summed E-state index contributed by atoms with van der Waals surface area (Å²) in [5.41, 5.74) is 1.71. The zero-order valence-electron chi connectivity index (χ0n) is 10.8. The molecule has 0 bridgehead atoms. The third-order valence-corrected chi connectivity index (χ3v) is 3.95. The van der Waals surface area contributed by atoms with Crippen LogP contribution in [-0.4, -0.2) is 29.4 Å². The van der Waals surface area contributed by atoms with Crippen molar-refractivity contribution >= 4 is 16.8 Å². The van der Waals surface area contributed by atoms with Crippen LogP contribution in [0.1, 0.15) is 23.7 Å². The highest BCUT2D eigenvalue weighted by atomic mass is 16.2. The van der Waals surface area contributed by atoms with Gasteiger partial charge in [-0.3, -0.25) is 4.79 Å². The van der Waals surface area contributed by atoms with Gasteiger partial charge in [0, 0.05) is 25.2 Å². The van der Waals surface area contributed by atoms with Gasteiger partial charge in [-0.05, 0) is 30.4 Å². The molecule has 3 nitrogen and oxygen atoms in total. The summed E-state index contributed by atoms with van der Waals surface area (Å²) >= 11 is 0. The Labute approximate surface area is 107 Å². The van der Waals surface area contributed by atoms with Crippen molar-refractivity contribution in [2.24, 2.45) is 11.8 Å². The molecule has 0 saturated heterocycles. The number of para-hydroxylation sites is 1. The molecule has 3 rings (SSSR count). The molecule has 94 valence electrons. The SMILES string of the molecule is CC1CC1CN(C)C(=O)c1cccc2cc[nH]c12. The average molecular weight is 242 g/mol. The van der Waals surface area contributed by atoms with Crippen molar-refractivity contribution < 1.29 is 4.79 Å². The Kier molecular flexibility index (Phi) is 2.62. The summed E-state index contributed by atoms with van der Waals surface area (Å²) in [6.07, 6.45) is 3.13. The van der Waals surface area contributed by atoms with Gasteiger partial charge in [0.25, 0.3) is 5.91 Å². The van der Waals surface area contributed by atoms with E-state index in [1.807, 2.05) is 42.4 Å². The van der Waals surface area contributed by atoms with Crippen LogP contribution < -0.4 is 0 Å². The molecule has 1 aromatic carbocycles. The van der Waals surface area contributed by atoms with Gasteiger partial charge >= 0.3 is 0 Å². The van der Waals surface area contributed by atoms with Crippen LogP contribution in [0.25, 0.3) is 10.9 Å². The number of hydrogen-bond acceptors (Lipinski definition) is 1. The Morgan fingerprint density at radius 2 is 2.22 bits per heavy atom. The highest BCUT2D eigenvalue weighted by Gasteiger charge is 2.34. The Morgan fingerprint density at radius 1 is 1.44 bits per heavy atom. The molecule has 1 fully saturated rings. The lowest BCUT2D eigenvalue weighted by atomic mass is 10.1. The summed E-state index contributed by atoms with van der Waals surface area (Å²) < 4.78 is 0. The highest BCUT2D eigenvalue weighted by molar-refractivity contribution is 6.05. The maximum atomic E-state index is 12.4. The molecule has 1 aromatic heterocycles. The van der Waals surface area contributed by atoms with Crippen LogP contribution in [0.5, 0.6) is 0 Å². The molecule has 1 heterocycles. The van der Waals surface area contributed by atoms with Gasteiger partial charge in [0.15, 0.2) is 0 Å². The van der Waals surface area contributed by atoms with E-state index < -0.39 is 0 Å². The monoisotopic (exact) mass is 242 g/mol.